The largest absolute Gasteiger partial charge is 0.348 e. The number of aryl methyl sites for hydroxylation is 1. The number of carbonyl (C=O) groups excluding carboxylic acids is 1. The van der Waals surface area contributed by atoms with Crippen LogP contribution < -0.4 is 5.32 Å². The minimum Gasteiger partial charge on any atom is -0.348 e. The second kappa shape index (κ2) is 6.49. The SMILES string of the molecule is Cc1cccc2[nH]c(C3CCN(C(=O)[C@H]4NCCc5[nH]cnc54)CC3)nc12. The van der Waals surface area contributed by atoms with Gasteiger partial charge in [0.1, 0.15) is 11.9 Å². The average molecular weight is 364 g/mol. The second-order valence-corrected chi connectivity index (χ2v) is 7.60. The molecule has 7 nitrogen and oxygen atoms in total. The number of rotatable bonds is 2. The highest BCUT2D eigenvalue weighted by Gasteiger charge is 2.34. The number of H-pyrrole nitrogens is 2. The molecule has 1 aromatic carbocycles. The summed E-state index contributed by atoms with van der Waals surface area (Å²) in [5, 5.41) is 3.33. The van der Waals surface area contributed by atoms with E-state index in [-0.39, 0.29) is 11.9 Å². The van der Waals surface area contributed by atoms with Gasteiger partial charge in [0.15, 0.2) is 0 Å². The van der Waals surface area contributed by atoms with Crippen molar-refractivity contribution in [3.8, 4) is 0 Å². The lowest BCUT2D eigenvalue weighted by molar-refractivity contribution is -0.135. The highest BCUT2D eigenvalue weighted by atomic mass is 16.2. The van der Waals surface area contributed by atoms with Crippen molar-refractivity contribution in [1.29, 1.82) is 0 Å². The molecule has 140 valence electrons. The number of benzene rings is 1. The van der Waals surface area contributed by atoms with Crippen LogP contribution in [0.1, 0.15) is 47.6 Å². The van der Waals surface area contributed by atoms with Crippen LogP contribution in [0, 0.1) is 6.92 Å². The molecule has 27 heavy (non-hydrogen) atoms. The fraction of sp³-hybridized carbons (Fsp3) is 0.450. The van der Waals surface area contributed by atoms with Crippen molar-refractivity contribution >= 4 is 16.9 Å². The number of likely N-dealkylation sites (tertiary alicyclic amines) is 1. The maximum Gasteiger partial charge on any atom is 0.246 e. The fourth-order valence-electron chi connectivity index (χ4n) is 4.37. The van der Waals surface area contributed by atoms with Crippen LogP contribution >= 0.6 is 0 Å². The van der Waals surface area contributed by atoms with E-state index in [1.807, 2.05) is 4.90 Å². The molecule has 0 saturated carbocycles. The zero-order chi connectivity index (χ0) is 18.4. The number of nitrogens with zero attached hydrogens (tertiary/aromatic N) is 3. The molecule has 0 spiro atoms. The molecule has 2 aliphatic rings. The van der Waals surface area contributed by atoms with E-state index in [1.54, 1.807) is 6.33 Å². The Kier molecular flexibility index (Phi) is 3.97. The van der Waals surface area contributed by atoms with Gasteiger partial charge in [0.25, 0.3) is 0 Å². The van der Waals surface area contributed by atoms with Crippen LogP contribution in [0.5, 0.6) is 0 Å². The van der Waals surface area contributed by atoms with E-state index in [0.29, 0.717) is 5.92 Å². The van der Waals surface area contributed by atoms with E-state index < -0.39 is 0 Å². The van der Waals surface area contributed by atoms with Gasteiger partial charge in [-0.3, -0.25) is 4.79 Å². The quantitative estimate of drug-likeness (QED) is 0.650. The number of amides is 1. The molecule has 1 saturated heterocycles. The van der Waals surface area contributed by atoms with E-state index in [2.05, 4.69) is 45.4 Å². The number of hydrogen-bond acceptors (Lipinski definition) is 4. The molecule has 2 aliphatic heterocycles. The number of fused-ring (bicyclic) bond motifs is 2. The molecule has 0 radical (unpaired) electrons. The summed E-state index contributed by atoms with van der Waals surface area (Å²) in [7, 11) is 0. The van der Waals surface area contributed by atoms with E-state index in [0.717, 1.165) is 67.1 Å². The fourth-order valence-corrected chi connectivity index (χ4v) is 4.37. The van der Waals surface area contributed by atoms with Crippen molar-refractivity contribution < 1.29 is 4.79 Å². The predicted octanol–water partition coefficient (Wildman–Crippen LogP) is 2.19. The highest BCUT2D eigenvalue weighted by Crippen LogP contribution is 2.30. The minimum atomic E-state index is -0.314. The topological polar surface area (TPSA) is 89.7 Å². The number of imidazole rings is 2. The Bertz CT molecular complexity index is 981. The lowest BCUT2D eigenvalue weighted by Crippen LogP contribution is -2.46. The van der Waals surface area contributed by atoms with Crippen LogP contribution in [0.25, 0.3) is 11.0 Å². The predicted molar refractivity (Wildman–Crippen MR) is 102 cm³/mol. The third kappa shape index (κ3) is 2.82. The number of carbonyl (C=O) groups is 1. The van der Waals surface area contributed by atoms with Gasteiger partial charge in [-0.15, -0.1) is 0 Å². The molecule has 0 unspecified atom stereocenters. The number of para-hydroxylation sites is 1. The number of hydrogen-bond donors (Lipinski definition) is 3. The van der Waals surface area contributed by atoms with Gasteiger partial charge < -0.3 is 20.2 Å². The molecule has 5 rings (SSSR count). The Morgan fingerprint density at radius 1 is 1.26 bits per heavy atom. The first-order valence-electron chi connectivity index (χ1n) is 9.70. The molecule has 1 atom stereocenters. The maximum atomic E-state index is 13.0. The Labute approximate surface area is 157 Å². The van der Waals surface area contributed by atoms with Gasteiger partial charge >= 0.3 is 0 Å². The summed E-state index contributed by atoms with van der Waals surface area (Å²) in [4.78, 5) is 30.8. The summed E-state index contributed by atoms with van der Waals surface area (Å²) < 4.78 is 0. The van der Waals surface area contributed by atoms with Crippen LogP contribution in [-0.4, -0.2) is 50.4 Å². The van der Waals surface area contributed by atoms with Crippen LogP contribution in [0.15, 0.2) is 24.5 Å². The molecular formula is C20H24N6O. The van der Waals surface area contributed by atoms with Crippen LogP contribution in [-0.2, 0) is 11.2 Å². The van der Waals surface area contributed by atoms with Crippen molar-refractivity contribution in [3.63, 3.8) is 0 Å². The van der Waals surface area contributed by atoms with Crippen molar-refractivity contribution in [1.82, 2.24) is 30.2 Å². The molecule has 2 aromatic heterocycles. The number of piperidine rings is 1. The number of nitrogens with one attached hydrogen (secondary N) is 3. The summed E-state index contributed by atoms with van der Waals surface area (Å²) in [5.41, 5.74) is 5.30. The smallest absolute Gasteiger partial charge is 0.246 e. The molecular weight excluding hydrogens is 340 g/mol. The number of aromatic amines is 2. The maximum absolute atomic E-state index is 13.0. The monoisotopic (exact) mass is 364 g/mol. The minimum absolute atomic E-state index is 0.141. The Hall–Kier alpha value is -2.67. The standard InChI is InChI=1S/C20H24N6O/c1-12-3-2-4-15-16(12)25-19(24-15)13-6-9-26(10-7-13)20(27)18-17-14(5-8-21-18)22-11-23-17/h2-4,11,13,18,21H,5-10H2,1H3,(H,22,23)(H,24,25)/t18-/m0/s1. The summed E-state index contributed by atoms with van der Waals surface area (Å²) in [6.45, 7) is 4.42. The van der Waals surface area contributed by atoms with E-state index in [9.17, 15) is 4.79 Å². The van der Waals surface area contributed by atoms with Crippen LogP contribution in [0.4, 0.5) is 0 Å². The summed E-state index contributed by atoms with van der Waals surface area (Å²) in [6, 6.07) is 5.91. The molecule has 1 fully saturated rings. The molecule has 1 amide bonds. The van der Waals surface area contributed by atoms with Gasteiger partial charge in [-0.25, -0.2) is 9.97 Å². The molecule has 4 heterocycles. The first-order chi connectivity index (χ1) is 13.2. The van der Waals surface area contributed by atoms with Crippen molar-refractivity contribution in [2.45, 2.75) is 38.1 Å². The van der Waals surface area contributed by atoms with Crippen LogP contribution in [0.3, 0.4) is 0 Å². The third-order valence-electron chi connectivity index (χ3n) is 5.92. The van der Waals surface area contributed by atoms with Gasteiger partial charge in [-0.1, -0.05) is 12.1 Å². The molecule has 0 bridgehead atoms. The van der Waals surface area contributed by atoms with Crippen molar-refractivity contribution in [2.24, 2.45) is 0 Å². The van der Waals surface area contributed by atoms with E-state index >= 15 is 0 Å². The zero-order valence-electron chi connectivity index (χ0n) is 15.5. The lowest BCUT2D eigenvalue weighted by Gasteiger charge is -2.34. The first kappa shape index (κ1) is 16.5. The average Bonchev–Trinajstić information content (AvgIpc) is 3.35. The normalized spacial score (nSPS) is 20.8. The van der Waals surface area contributed by atoms with Gasteiger partial charge in [0.2, 0.25) is 5.91 Å². The molecule has 3 N–H and O–H groups in total. The van der Waals surface area contributed by atoms with Crippen LogP contribution in [0.2, 0.25) is 0 Å². The zero-order valence-corrected chi connectivity index (χ0v) is 15.5. The van der Waals surface area contributed by atoms with E-state index in [1.165, 1.54) is 5.56 Å². The lowest BCUT2D eigenvalue weighted by atomic mass is 9.95. The molecule has 7 heteroatoms. The van der Waals surface area contributed by atoms with Crippen molar-refractivity contribution in [2.75, 3.05) is 19.6 Å². The van der Waals surface area contributed by atoms with E-state index in [4.69, 9.17) is 4.98 Å². The highest BCUT2D eigenvalue weighted by molar-refractivity contribution is 5.83. The summed E-state index contributed by atoms with van der Waals surface area (Å²) in [5.74, 6) is 1.57. The van der Waals surface area contributed by atoms with Gasteiger partial charge in [0, 0.05) is 37.7 Å². The Balaban J connectivity index is 1.29. The molecule has 0 aliphatic carbocycles. The summed E-state index contributed by atoms with van der Waals surface area (Å²) >= 11 is 0. The van der Waals surface area contributed by atoms with Crippen molar-refractivity contribution in [3.05, 3.63) is 47.3 Å². The van der Waals surface area contributed by atoms with Gasteiger partial charge in [-0.05, 0) is 31.4 Å². The van der Waals surface area contributed by atoms with Gasteiger partial charge in [0.05, 0.1) is 23.1 Å². The Morgan fingerprint density at radius 3 is 2.93 bits per heavy atom. The van der Waals surface area contributed by atoms with Gasteiger partial charge in [-0.2, -0.15) is 0 Å². The Morgan fingerprint density at radius 2 is 2.11 bits per heavy atom. The summed E-state index contributed by atoms with van der Waals surface area (Å²) in [6.07, 6.45) is 4.45. The third-order valence-corrected chi connectivity index (χ3v) is 5.92. The molecule has 3 aromatic rings. The first-order valence-corrected chi connectivity index (χ1v) is 9.70. The number of aromatic nitrogens is 4. The second-order valence-electron chi connectivity index (χ2n) is 7.60.